The molecule has 56 heavy (non-hydrogen) atoms. The molecule has 4 aromatic carbocycles. The van der Waals surface area contributed by atoms with Gasteiger partial charge in [0.15, 0.2) is 11.9 Å². The number of anilines is 2. The van der Waals surface area contributed by atoms with E-state index in [1.54, 1.807) is 78.6 Å². The number of ketones is 1. The number of methoxy groups -OCH3 is 2. The largest absolute Gasteiger partial charge is 0.497 e. The number of aryl methyl sites for hydroxylation is 1. The highest BCUT2D eigenvalue weighted by atomic mass is 16.6. The summed E-state index contributed by atoms with van der Waals surface area (Å²) in [5, 5.41) is 0. The fraction of sp³-hybridized carbons (Fsp3) is 0.289. The molecule has 4 heterocycles. The van der Waals surface area contributed by atoms with E-state index in [4.69, 9.17) is 23.7 Å². The van der Waals surface area contributed by atoms with Crippen molar-refractivity contribution in [1.29, 1.82) is 0 Å². The number of amides is 2. The molecule has 2 amide bonds. The van der Waals surface area contributed by atoms with E-state index in [0.717, 1.165) is 51.4 Å². The summed E-state index contributed by atoms with van der Waals surface area (Å²) in [6.45, 7) is 3.36. The van der Waals surface area contributed by atoms with Crippen LogP contribution < -0.4 is 19.3 Å². The number of esters is 1. The maximum Gasteiger partial charge on any atom is 0.331 e. The lowest BCUT2D eigenvalue weighted by molar-refractivity contribution is -0.147. The van der Waals surface area contributed by atoms with Gasteiger partial charge in [0.1, 0.15) is 17.6 Å². The van der Waals surface area contributed by atoms with E-state index in [2.05, 4.69) is 0 Å². The summed E-state index contributed by atoms with van der Waals surface area (Å²) in [5.74, 6) is 0.108. The molecule has 0 aliphatic carbocycles. The van der Waals surface area contributed by atoms with Crippen LogP contribution >= 0.6 is 0 Å². The lowest BCUT2D eigenvalue weighted by atomic mass is 9.96. The van der Waals surface area contributed by atoms with Crippen LogP contribution in [-0.4, -0.2) is 82.4 Å². The Hall–Kier alpha value is -6.04. The molecule has 4 aromatic rings. The van der Waals surface area contributed by atoms with Crippen LogP contribution in [0.3, 0.4) is 0 Å². The van der Waals surface area contributed by atoms with Gasteiger partial charge in [-0.15, -0.1) is 0 Å². The SMILES string of the molecule is COc1ccc(C(=O)N2CCc3cc(/C=C/C(=O)[C@H]4CO[C@H]5[C@@H]4OC[C@H]5OC(=O)/C=C/c4ccc5c(c4)CCN5C(=O)c4ccc(OC)c(C)c4)ccc32)cc1. The number of allylic oxidation sites excluding steroid dienone is 1. The summed E-state index contributed by atoms with van der Waals surface area (Å²) in [6, 6.07) is 24.1. The van der Waals surface area contributed by atoms with Gasteiger partial charge in [-0.25, -0.2) is 4.79 Å². The molecule has 4 atom stereocenters. The number of nitrogens with zero attached hydrogens (tertiary/aromatic N) is 2. The molecule has 2 saturated heterocycles. The van der Waals surface area contributed by atoms with Crippen molar-refractivity contribution < 1.29 is 42.9 Å². The minimum absolute atomic E-state index is 0.0691. The Balaban J connectivity index is 0.837. The lowest BCUT2D eigenvalue weighted by Gasteiger charge is -2.18. The van der Waals surface area contributed by atoms with E-state index >= 15 is 0 Å². The fourth-order valence-corrected chi connectivity index (χ4v) is 7.99. The van der Waals surface area contributed by atoms with Crippen molar-refractivity contribution in [3.05, 3.63) is 130 Å². The molecule has 286 valence electrons. The van der Waals surface area contributed by atoms with Crippen LogP contribution in [0.4, 0.5) is 11.4 Å². The topological polar surface area (TPSA) is 121 Å². The van der Waals surface area contributed by atoms with Gasteiger partial charge in [0.25, 0.3) is 11.8 Å². The van der Waals surface area contributed by atoms with Crippen LogP contribution in [-0.2, 0) is 36.6 Å². The first-order valence-electron chi connectivity index (χ1n) is 18.7. The van der Waals surface area contributed by atoms with Crippen molar-refractivity contribution in [2.45, 2.75) is 38.1 Å². The average Bonchev–Trinajstić information content (AvgIpc) is 4.03. The van der Waals surface area contributed by atoms with Gasteiger partial charge in [0.2, 0.25) is 0 Å². The third-order valence-corrected chi connectivity index (χ3v) is 11.0. The standard InChI is InChI=1S/C45H42N2O9/c1-27-22-33(10-16-39(27)53-3)45(51)47-21-19-32-24-29(5-14-37(32)47)7-17-41(49)56-40-26-55-42-35(25-54-43(40)42)38(48)15-6-28-4-13-36-31(23-28)18-20-46(36)44(50)30-8-11-34(52-2)12-9-30/h4-17,22-24,35,40,42-43H,18-21,25-26H2,1-3H3/b15-6+,17-7+/t35-,40-,42-,43-/m1/s1. The van der Waals surface area contributed by atoms with Gasteiger partial charge in [-0.2, -0.15) is 0 Å². The minimum atomic E-state index is -0.639. The molecular weight excluding hydrogens is 712 g/mol. The number of rotatable bonds is 10. The molecule has 0 N–H and O–H groups in total. The van der Waals surface area contributed by atoms with Gasteiger partial charge in [-0.05, 0) is 126 Å². The third kappa shape index (κ3) is 7.23. The van der Waals surface area contributed by atoms with Crippen molar-refractivity contribution in [1.82, 2.24) is 0 Å². The minimum Gasteiger partial charge on any atom is -0.497 e. The molecule has 0 spiro atoms. The lowest BCUT2D eigenvalue weighted by Crippen LogP contribution is -2.34. The Labute approximate surface area is 325 Å². The molecule has 0 aromatic heterocycles. The second kappa shape index (κ2) is 15.6. The molecule has 0 unspecified atom stereocenters. The molecule has 0 bridgehead atoms. The van der Waals surface area contributed by atoms with Crippen LogP contribution in [0.2, 0.25) is 0 Å². The number of ether oxygens (including phenoxy) is 5. The highest BCUT2D eigenvalue weighted by molar-refractivity contribution is 6.08. The van der Waals surface area contributed by atoms with Crippen LogP contribution in [0, 0.1) is 12.8 Å². The Bertz CT molecular complexity index is 2260. The van der Waals surface area contributed by atoms with Crippen LogP contribution in [0.5, 0.6) is 11.5 Å². The average molecular weight is 755 g/mol. The van der Waals surface area contributed by atoms with Gasteiger partial charge < -0.3 is 33.5 Å². The predicted octanol–water partition coefficient (Wildman–Crippen LogP) is 6.04. The first kappa shape index (κ1) is 36.9. The van der Waals surface area contributed by atoms with Crippen LogP contribution in [0.1, 0.15) is 48.5 Å². The smallest absolute Gasteiger partial charge is 0.331 e. The summed E-state index contributed by atoms with van der Waals surface area (Å²) in [4.78, 5) is 56.3. The van der Waals surface area contributed by atoms with Crippen molar-refractivity contribution in [2.75, 3.05) is 50.3 Å². The molecule has 0 radical (unpaired) electrons. The normalized spacial score (nSPS) is 21.0. The maximum absolute atomic E-state index is 13.3. The Morgan fingerprint density at radius 2 is 1.29 bits per heavy atom. The second-order valence-electron chi connectivity index (χ2n) is 14.3. The van der Waals surface area contributed by atoms with E-state index in [9.17, 15) is 19.2 Å². The zero-order valence-electron chi connectivity index (χ0n) is 31.4. The number of carbonyl (C=O) groups is 4. The summed E-state index contributed by atoms with van der Waals surface area (Å²) in [6.07, 6.45) is 6.11. The number of fused-ring (bicyclic) bond motifs is 3. The van der Waals surface area contributed by atoms with E-state index in [-0.39, 0.29) is 30.8 Å². The summed E-state index contributed by atoms with van der Waals surface area (Å²) >= 11 is 0. The molecule has 4 aliphatic heterocycles. The Morgan fingerprint density at radius 3 is 1.91 bits per heavy atom. The first-order chi connectivity index (χ1) is 27.2. The quantitative estimate of drug-likeness (QED) is 0.141. The monoisotopic (exact) mass is 754 g/mol. The molecular formula is C45H42N2O9. The van der Waals surface area contributed by atoms with Gasteiger partial charge >= 0.3 is 5.97 Å². The third-order valence-electron chi connectivity index (χ3n) is 11.0. The highest BCUT2D eigenvalue weighted by Gasteiger charge is 2.51. The number of benzene rings is 4. The van der Waals surface area contributed by atoms with E-state index in [1.807, 2.05) is 49.4 Å². The summed E-state index contributed by atoms with van der Waals surface area (Å²) in [7, 11) is 3.20. The Kier molecular flexibility index (Phi) is 10.3. The van der Waals surface area contributed by atoms with Crippen molar-refractivity contribution >= 4 is 47.1 Å². The van der Waals surface area contributed by atoms with Gasteiger partial charge in [0.05, 0.1) is 39.5 Å². The maximum atomic E-state index is 13.3. The van der Waals surface area contributed by atoms with E-state index < -0.39 is 30.2 Å². The molecule has 4 aliphatic rings. The van der Waals surface area contributed by atoms with E-state index in [1.165, 1.54) is 6.08 Å². The second-order valence-corrected chi connectivity index (χ2v) is 14.3. The molecule has 2 fully saturated rings. The number of carbonyl (C=O) groups excluding carboxylic acids is 4. The van der Waals surface area contributed by atoms with Gasteiger partial charge in [0, 0.05) is 41.7 Å². The summed E-state index contributed by atoms with van der Waals surface area (Å²) in [5.41, 5.74) is 7.54. The van der Waals surface area contributed by atoms with Crippen LogP contribution in [0.25, 0.3) is 12.2 Å². The van der Waals surface area contributed by atoms with Crippen LogP contribution in [0.15, 0.2) is 91.0 Å². The summed E-state index contributed by atoms with van der Waals surface area (Å²) < 4.78 is 28.2. The predicted molar refractivity (Wildman–Crippen MR) is 210 cm³/mol. The van der Waals surface area contributed by atoms with Gasteiger partial charge in [-0.3, -0.25) is 14.4 Å². The van der Waals surface area contributed by atoms with Crippen molar-refractivity contribution in [3.8, 4) is 11.5 Å². The van der Waals surface area contributed by atoms with E-state index in [0.29, 0.717) is 36.4 Å². The molecule has 8 rings (SSSR count). The highest BCUT2D eigenvalue weighted by Crippen LogP contribution is 2.35. The molecule has 11 heteroatoms. The molecule has 0 saturated carbocycles. The Morgan fingerprint density at radius 1 is 0.679 bits per heavy atom. The zero-order valence-corrected chi connectivity index (χ0v) is 31.4. The zero-order chi connectivity index (χ0) is 38.9. The van der Waals surface area contributed by atoms with Crippen molar-refractivity contribution in [2.24, 2.45) is 5.92 Å². The van der Waals surface area contributed by atoms with Crippen molar-refractivity contribution in [3.63, 3.8) is 0 Å². The number of hydrogen-bond donors (Lipinski definition) is 0. The first-order valence-corrected chi connectivity index (χ1v) is 18.7. The fourth-order valence-electron chi connectivity index (χ4n) is 7.99. The van der Waals surface area contributed by atoms with Gasteiger partial charge in [-0.1, -0.05) is 18.2 Å². The molecule has 11 nitrogen and oxygen atoms in total. The number of hydrogen-bond acceptors (Lipinski definition) is 9.